The first-order valence-corrected chi connectivity index (χ1v) is 18.8. The largest absolute Gasteiger partial charge is 0.695 e. The molecule has 14 nitrogen and oxygen atoms in total. The Hall–Kier alpha value is -2.48. The second kappa shape index (κ2) is 25.5. The van der Waals surface area contributed by atoms with Crippen LogP contribution in [-0.4, -0.2) is 76.1 Å². The van der Waals surface area contributed by atoms with Crippen LogP contribution in [0, 0.1) is 0 Å². The van der Waals surface area contributed by atoms with Crippen molar-refractivity contribution in [3.05, 3.63) is 33.1 Å². The number of amides is 1. The minimum atomic E-state index is -3.05. The van der Waals surface area contributed by atoms with Crippen molar-refractivity contribution in [1.82, 2.24) is 14.9 Å². The van der Waals surface area contributed by atoms with Crippen LogP contribution in [0.15, 0.2) is 21.9 Å². The van der Waals surface area contributed by atoms with E-state index in [4.69, 9.17) is 18.7 Å². The summed E-state index contributed by atoms with van der Waals surface area (Å²) in [6.45, 7) is 2.04. The van der Waals surface area contributed by atoms with Crippen molar-refractivity contribution in [3.63, 3.8) is 0 Å². The fraction of sp³-hybridized carbons (Fsp3) is 0.818. The number of nitrogens with zero attached hydrogens (tertiary/aromatic N) is 1. The van der Waals surface area contributed by atoms with Crippen molar-refractivity contribution in [3.8, 4) is 0 Å². The highest BCUT2D eigenvalue weighted by Gasteiger charge is 2.51. The number of hydrogen-bond donors (Lipinski definition) is 4. The minimum absolute atomic E-state index is 0.199. The van der Waals surface area contributed by atoms with E-state index >= 15 is 0 Å². The SMILES string of the molecule is CCCCCCCCCCCCCCCC(=O)OCC(=O)NCCCCCCOC1C(O[P+](=O)O)C(CO)OC1n1ccc(=O)[nH]c1=O. The van der Waals surface area contributed by atoms with E-state index in [2.05, 4.69) is 17.2 Å². The molecule has 2 rings (SSSR count). The maximum atomic E-state index is 12.3. The van der Waals surface area contributed by atoms with Crippen LogP contribution >= 0.6 is 8.25 Å². The van der Waals surface area contributed by atoms with E-state index in [1.807, 2.05) is 0 Å². The molecule has 48 heavy (non-hydrogen) atoms. The molecule has 5 unspecified atom stereocenters. The Morgan fingerprint density at radius 1 is 0.917 bits per heavy atom. The highest BCUT2D eigenvalue weighted by atomic mass is 31.1. The molecule has 0 spiro atoms. The molecule has 15 heteroatoms. The summed E-state index contributed by atoms with van der Waals surface area (Å²) in [5, 5.41) is 12.5. The quantitative estimate of drug-likeness (QED) is 0.0544. The second-order valence-corrected chi connectivity index (χ2v) is 13.0. The summed E-state index contributed by atoms with van der Waals surface area (Å²) in [5.74, 6) is -0.689. The van der Waals surface area contributed by atoms with E-state index < -0.39 is 50.7 Å². The van der Waals surface area contributed by atoms with E-state index in [9.17, 15) is 33.7 Å². The number of aromatic nitrogens is 2. The monoisotopic (exact) mass is 702 g/mol. The summed E-state index contributed by atoms with van der Waals surface area (Å²) in [7, 11) is -3.05. The molecule has 1 amide bonds. The zero-order chi connectivity index (χ0) is 35.0. The van der Waals surface area contributed by atoms with Crippen LogP contribution < -0.4 is 16.6 Å². The van der Waals surface area contributed by atoms with Gasteiger partial charge < -0.3 is 24.6 Å². The molecule has 1 fully saturated rings. The molecule has 274 valence electrons. The molecule has 2 heterocycles. The number of ether oxygens (including phenoxy) is 3. The third-order valence-corrected chi connectivity index (χ3v) is 8.78. The second-order valence-electron chi connectivity index (χ2n) is 12.3. The summed E-state index contributed by atoms with van der Waals surface area (Å²) in [6.07, 6.45) is 16.1. The van der Waals surface area contributed by atoms with Gasteiger partial charge in [0.25, 0.3) is 11.5 Å². The average molecular weight is 703 g/mol. The first kappa shape index (κ1) is 41.7. The third kappa shape index (κ3) is 17.3. The van der Waals surface area contributed by atoms with Gasteiger partial charge >= 0.3 is 19.9 Å². The molecule has 0 bridgehead atoms. The van der Waals surface area contributed by atoms with Crippen molar-refractivity contribution < 1.29 is 42.9 Å². The van der Waals surface area contributed by atoms with Gasteiger partial charge in [0.15, 0.2) is 18.9 Å². The fourth-order valence-electron chi connectivity index (χ4n) is 5.70. The lowest BCUT2D eigenvalue weighted by atomic mass is 10.0. The molecule has 0 aromatic carbocycles. The molecule has 1 aromatic heterocycles. The van der Waals surface area contributed by atoms with E-state index in [0.717, 1.165) is 42.7 Å². The Morgan fingerprint density at radius 3 is 2.12 bits per heavy atom. The molecular weight excluding hydrogens is 645 g/mol. The predicted octanol–water partition coefficient (Wildman–Crippen LogP) is 4.55. The highest BCUT2D eigenvalue weighted by Crippen LogP contribution is 2.37. The summed E-state index contributed by atoms with van der Waals surface area (Å²) in [5.41, 5.74) is -1.37. The van der Waals surface area contributed by atoms with Gasteiger partial charge in [-0.1, -0.05) is 96.8 Å². The number of carbonyl (C=O) groups excluding carboxylic acids is 2. The zero-order valence-electron chi connectivity index (χ0n) is 28.5. The summed E-state index contributed by atoms with van der Waals surface area (Å²) in [6, 6.07) is 1.13. The maximum absolute atomic E-state index is 12.3. The van der Waals surface area contributed by atoms with Crippen molar-refractivity contribution in [2.45, 2.75) is 147 Å². The van der Waals surface area contributed by atoms with Gasteiger partial charge in [0.2, 0.25) is 0 Å². The summed E-state index contributed by atoms with van der Waals surface area (Å²) in [4.78, 5) is 59.2. The normalized spacial score (nSPS) is 19.4. The molecule has 1 aliphatic heterocycles. The zero-order valence-corrected chi connectivity index (χ0v) is 29.4. The van der Waals surface area contributed by atoms with E-state index in [1.54, 1.807) is 0 Å². The Morgan fingerprint density at radius 2 is 1.52 bits per heavy atom. The van der Waals surface area contributed by atoms with Crippen molar-refractivity contribution in [2.24, 2.45) is 0 Å². The first-order valence-electron chi connectivity index (χ1n) is 17.7. The topological polar surface area (TPSA) is 195 Å². The smallest absolute Gasteiger partial charge is 0.456 e. The van der Waals surface area contributed by atoms with Crippen LogP contribution in [0.1, 0.15) is 129 Å². The van der Waals surface area contributed by atoms with E-state index in [-0.39, 0.29) is 25.1 Å². The minimum Gasteiger partial charge on any atom is -0.456 e. The number of carbonyl (C=O) groups is 2. The lowest BCUT2D eigenvalue weighted by Gasteiger charge is -2.22. The van der Waals surface area contributed by atoms with Crippen LogP contribution in [0.25, 0.3) is 0 Å². The predicted molar refractivity (Wildman–Crippen MR) is 180 cm³/mol. The van der Waals surface area contributed by atoms with Gasteiger partial charge in [0.05, 0.1) is 6.61 Å². The number of unbranched alkanes of at least 4 members (excludes halogenated alkanes) is 15. The van der Waals surface area contributed by atoms with Crippen molar-refractivity contribution in [1.29, 1.82) is 0 Å². The van der Waals surface area contributed by atoms with Crippen LogP contribution in [0.4, 0.5) is 0 Å². The fourth-order valence-corrected chi connectivity index (χ4v) is 6.16. The summed E-state index contributed by atoms with van der Waals surface area (Å²) < 4.78 is 34.2. The van der Waals surface area contributed by atoms with Crippen molar-refractivity contribution in [2.75, 3.05) is 26.4 Å². The van der Waals surface area contributed by atoms with Crippen LogP contribution in [0.5, 0.6) is 0 Å². The Labute approximate surface area is 284 Å². The molecule has 1 aromatic rings. The Balaban J connectivity index is 1.52. The maximum Gasteiger partial charge on any atom is 0.695 e. The van der Waals surface area contributed by atoms with Crippen LogP contribution in [-0.2, 0) is 32.9 Å². The van der Waals surface area contributed by atoms with Gasteiger partial charge in [-0.15, -0.1) is 9.42 Å². The van der Waals surface area contributed by atoms with Crippen LogP contribution in [0.3, 0.4) is 0 Å². The van der Waals surface area contributed by atoms with Gasteiger partial charge in [0.1, 0.15) is 12.2 Å². The Bertz CT molecular complexity index is 1180. The van der Waals surface area contributed by atoms with Gasteiger partial charge in [-0.25, -0.2) is 4.79 Å². The lowest BCUT2D eigenvalue weighted by molar-refractivity contribution is -0.148. The van der Waals surface area contributed by atoms with E-state index in [1.165, 1.54) is 70.4 Å². The van der Waals surface area contributed by atoms with Gasteiger partial charge in [-0.2, -0.15) is 0 Å². The standard InChI is InChI=1S/C33H56N3O11P/c1-2-3-4-5-6-7-8-9-10-11-12-13-16-19-29(40)45-25-28(39)34-21-17-14-15-18-23-44-31-30(47-48(42)43)26(24-37)46-32(31)36-22-20-27(38)35-33(36)41/h20,22,26,30-32,37H,2-19,21,23-25H2,1H3,(H2-,34,35,38,39,41,42,43)/p+1. The molecule has 0 radical (unpaired) electrons. The molecule has 5 atom stereocenters. The first-order chi connectivity index (χ1) is 23.3. The molecule has 1 aliphatic rings. The number of rotatable bonds is 28. The third-order valence-electron chi connectivity index (χ3n) is 8.35. The van der Waals surface area contributed by atoms with Gasteiger partial charge in [-0.05, 0) is 19.3 Å². The number of aliphatic hydroxyl groups excluding tert-OH is 1. The number of H-pyrrole nitrogens is 1. The number of aliphatic hydroxyl groups is 1. The number of aromatic amines is 1. The average Bonchev–Trinajstić information content (AvgIpc) is 3.39. The number of nitrogens with one attached hydrogen (secondary N) is 2. The van der Waals surface area contributed by atoms with Crippen LogP contribution in [0.2, 0.25) is 0 Å². The summed E-state index contributed by atoms with van der Waals surface area (Å²) >= 11 is 0. The van der Waals surface area contributed by atoms with Crippen molar-refractivity contribution >= 4 is 20.1 Å². The lowest BCUT2D eigenvalue weighted by Crippen LogP contribution is -2.40. The Kier molecular flexibility index (Phi) is 22.1. The molecule has 4 N–H and O–H groups in total. The number of esters is 1. The number of hydrogen-bond acceptors (Lipinski definition) is 10. The molecule has 0 saturated carbocycles. The molecule has 1 saturated heterocycles. The van der Waals surface area contributed by atoms with E-state index in [0.29, 0.717) is 25.8 Å². The highest BCUT2D eigenvalue weighted by molar-refractivity contribution is 7.32. The van der Waals surface area contributed by atoms with Gasteiger partial charge in [-0.3, -0.25) is 23.9 Å². The molecular formula is C33H57N3O11P+. The van der Waals surface area contributed by atoms with Gasteiger partial charge in [0, 0.05) is 36.4 Å². The molecule has 0 aliphatic carbocycles.